The van der Waals surface area contributed by atoms with Crippen molar-refractivity contribution in [1.29, 1.82) is 0 Å². The van der Waals surface area contributed by atoms with Crippen LogP contribution in [0.15, 0.2) is 77.7 Å². The molecule has 6 heteroatoms. The summed E-state index contributed by atoms with van der Waals surface area (Å²) >= 11 is 6.17. The average molecular weight is 405 g/mol. The van der Waals surface area contributed by atoms with E-state index in [1.54, 1.807) is 55.6 Å². The first-order chi connectivity index (χ1) is 14.1. The van der Waals surface area contributed by atoms with Crippen molar-refractivity contribution in [2.75, 3.05) is 12.4 Å². The van der Waals surface area contributed by atoms with Crippen LogP contribution in [0.3, 0.4) is 0 Å². The lowest BCUT2D eigenvalue weighted by Gasteiger charge is -2.14. The number of pyridine rings is 1. The number of methoxy groups -OCH3 is 1. The van der Waals surface area contributed by atoms with Gasteiger partial charge < -0.3 is 15.0 Å². The second kappa shape index (κ2) is 7.81. The molecule has 0 aliphatic rings. The summed E-state index contributed by atoms with van der Waals surface area (Å²) in [6.07, 6.45) is 1.43. The number of amides is 1. The number of para-hydroxylation sites is 2. The number of anilines is 1. The zero-order chi connectivity index (χ0) is 20.4. The predicted molar refractivity (Wildman–Crippen MR) is 116 cm³/mol. The van der Waals surface area contributed by atoms with Gasteiger partial charge >= 0.3 is 0 Å². The number of carbonyl (C=O) groups excluding carboxylic acids is 1. The van der Waals surface area contributed by atoms with E-state index in [9.17, 15) is 9.59 Å². The first-order valence-electron chi connectivity index (χ1n) is 8.93. The van der Waals surface area contributed by atoms with E-state index in [1.807, 2.05) is 18.2 Å². The molecule has 0 aliphatic heterocycles. The highest BCUT2D eigenvalue weighted by molar-refractivity contribution is 6.31. The van der Waals surface area contributed by atoms with Crippen LogP contribution in [-0.4, -0.2) is 18.0 Å². The van der Waals surface area contributed by atoms with Crippen molar-refractivity contribution in [2.24, 2.45) is 0 Å². The molecule has 0 unspecified atom stereocenters. The Kier molecular flexibility index (Phi) is 5.06. The third-order valence-electron chi connectivity index (χ3n) is 4.66. The maximum atomic E-state index is 12.9. The Morgan fingerprint density at radius 2 is 1.76 bits per heavy atom. The van der Waals surface area contributed by atoms with E-state index in [1.165, 1.54) is 6.20 Å². The second-order valence-electron chi connectivity index (χ2n) is 6.42. The molecule has 29 heavy (non-hydrogen) atoms. The monoisotopic (exact) mass is 404 g/mol. The van der Waals surface area contributed by atoms with E-state index in [-0.39, 0.29) is 11.0 Å². The van der Waals surface area contributed by atoms with Crippen molar-refractivity contribution in [3.63, 3.8) is 0 Å². The number of halogens is 1. The first kappa shape index (κ1) is 18.8. The molecule has 0 aliphatic carbocycles. The van der Waals surface area contributed by atoms with Gasteiger partial charge in [0.05, 0.1) is 7.11 Å². The molecule has 0 radical (unpaired) electrons. The standard InChI is InChI=1S/C23H17ClN2O3/c1-29-21-11-10-14(24)12-17(21)15-6-2-5-9-20(15)26-23(28)18-13-25-19-8-4-3-7-16(19)22(18)27/h2-13H,1H3,(H,25,27)(H,26,28). The number of nitrogens with one attached hydrogen (secondary N) is 2. The number of aromatic amines is 1. The van der Waals surface area contributed by atoms with Gasteiger partial charge in [-0.15, -0.1) is 0 Å². The summed E-state index contributed by atoms with van der Waals surface area (Å²) in [6, 6.07) is 19.6. The Hall–Kier alpha value is -3.57. The van der Waals surface area contributed by atoms with E-state index in [0.717, 1.165) is 11.1 Å². The van der Waals surface area contributed by atoms with Crippen molar-refractivity contribution in [3.8, 4) is 16.9 Å². The van der Waals surface area contributed by atoms with Gasteiger partial charge in [0.1, 0.15) is 11.3 Å². The van der Waals surface area contributed by atoms with Crippen LogP contribution in [0.4, 0.5) is 5.69 Å². The van der Waals surface area contributed by atoms with Gasteiger partial charge in [-0.1, -0.05) is 41.9 Å². The average Bonchev–Trinajstić information content (AvgIpc) is 2.74. The highest BCUT2D eigenvalue weighted by Crippen LogP contribution is 2.36. The zero-order valence-electron chi connectivity index (χ0n) is 15.5. The summed E-state index contributed by atoms with van der Waals surface area (Å²) in [5.41, 5.74) is 2.41. The summed E-state index contributed by atoms with van der Waals surface area (Å²) < 4.78 is 5.44. The SMILES string of the molecule is COc1ccc(Cl)cc1-c1ccccc1NC(=O)c1c[nH]c2ccccc2c1=O. The molecule has 1 aromatic heterocycles. The maximum absolute atomic E-state index is 12.9. The fourth-order valence-corrected chi connectivity index (χ4v) is 3.42. The second-order valence-corrected chi connectivity index (χ2v) is 6.86. The van der Waals surface area contributed by atoms with Crippen LogP contribution in [0.2, 0.25) is 5.02 Å². The number of ether oxygens (including phenoxy) is 1. The Labute approximate surface area is 171 Å². The molecule has 5 nitrogen and oxygen atoms in total. The molecule has 0 fully saturated rings. The molecule has 4 aromatic rings. The number of benzene rings is 3. The molecule has 0 spiro atoms. The molecular formula is C23H17ClN2O3. The van der Waals surface area contributed by atoms with Gasteiger partial charge in [0, 0.05) is 38.9 Å². The number of H-pyrrole nitrogens is 1. The normalized spacial score (nSPS) is 10.7. The zero-order valence-corrected chi connectivity index (χ0v) is 16.3. The lowest BCUT2D eigenvalue weighted by Crippen LogP contribution is -2.22. The van der Waals surface area contributed by atoms with E-state index in [2.05, 4.69) is 10.3 Å². The number of aromatic nitrogens is 1. The van der Waals surface area contributed by atoms with Gasteiger partial charge in [-0.2, -0.15) is 0 Å². The van der Waals surface area contributed by atoms with Crippen molar-refractivity contribution in [1.82, 2.24) is 4.98 Å². The minimum Gasteiger partial charge on any atom is -0.496 e. The van der Waals surface area contributed by atoms with E-state index in [0.29, 0.717) is 27.4 Å². The van der Waals surface area contributed by atoms with E-state index >= 15 is 0 Å². The van der Waals surface area contributed by atoms with Gasteiger partial charge in [-0.25, -0.2) is 0 Å². The van der Waals surface area contributed by atoms with Crippen LogP contribution in [-0.2, 0) is 0 Å². The molecule has 0 saturated heterocycles. The number of hydrogen-bond donors (Lipinski definition) is 2. The van der Waals surface area contributed by atoms with Crippen LogP contribution >= 0.6 is 11.6 Å². The van der Waals surface area contributed by atoms with Crippen molar-refractivity contribution < 1.29 is 9.53 Å². The third kappa shape index (κ3) is 3.60. The fourth-order valence-electron chi connectivity index (χ4n) is 3.24. The topological polar surface area (TPSA) is 71.2 Å². The van der Waals surface area contributed by atoms with Gasteiger partial charge in [0.15, 0.2) is 0 Å². The maximum Gasteiger partial charge on any atom is 0.261 e. The van der Waals surface area contributed by atoms with Gasteiger partial charge in [-0.05, 0) is 36.4 Å². The Morgan fingerprint density at radius 1 is 1.00 bits per heavy atom. The molecule has 2 N–H and O–H groups in total. The highest BCUT2D eigenvalue weighted by atomic mass is 35.5. The minimum atomic E-state index is -0.495. The van der Waals surface area contributed by atoms with E-state index in [4.69, 9.17) is 16.3 Å². The minimum absolute atomic E-state index is 0.0385. The van der Waals surface area contributed by atoms with Crippen LogP contribution in [0, 0.1) is 0 Å². The molecule has 0 saturated carbocycles. The molecule has 1 heterocycles. The predicted octanol–water partition coefficient (Wildman–Crippen LogP) is 5.11. The van der Waals surface area contributed by atoms with Crippen LogP contribution in [0.5, 0.6) is 5.75 Å². The molecule has 0 atom stereocenters. The Balaban J connectivity index is 1.75. The van der Waals surface area contributed by atoms with Gasteiger partial charge in [0.25, 0.3) is 5.91 Å². The van der Waals surface area contributed by atoms with Crippen LogP contribution in [0.25, 0.3) is 22.0 Å². The van der Waals surface area contributed by atoms with Gasteiger partial charge in [0.2, 0.25) is 5.43 Å². The highest BCUT2D eigenvalue weighted by Gasteiger charge is 2.16. The van der Waals surface area contributed by atoms with Gasteiger partial charge in [-0.3, -0.25) is 9.59 Å². The molecule has 4 rings (SSSR count). The van der Waals surface area contributed by atoms with Crippen LogP contribution in [0.1, 0.15) is 10.4 Å². The van der Waals surface area contributed by atoms with Crippen molar-refractivity contribution >= 4 is 34.1 Å². The molecule has 3 aromatic carbocycles. The summed E-state index contributed by atoms with van der Waals surface area (Å²) in [5, 5.41) is 3.86. The van der Waals surface area contributed by atoms with Crippen LogP contribution < -0.4 is 15.5 Å². The number of rotatable bonds is 4. The van der Waals surface area contributed by atoms with Crippen molar-refractivity contribution in [2.45, 2.75) is 0 Å². The lowest BCUT2D eigenvalue weighted by atomic mass is 10.0. The largest absolute Gasteiger partial charge is 0.496 e. The first-order valence-corrected chi connectivity index (χ1v) is 9.31. The van der Waals surface area contributed by atoms with E-state index < -0.39 is 5.91 Å². The molecule has 0 bridgehead atoms. The Bertz CT molecular complexity index is 1280. The third-order valence-corrected chi connectivity index (χ3v) is 4.90. The smallest absolute Gasteiger partial charge is 0.261 e. The quantitative estimate of drug-likeness (QED) is 0.496. The Morgan fingerprint density at radius 3 is 2.59 bits per heavy atom. The van der Waals surface area contributed by atoms with Crippen molar-refractivity contribution in [3.05, 3.63) is 93.7 Å². The summed E-state index contributed by atoms with van der Waals surface area (Å²) in [6.45, 7) is 0. The number of hydrogen-bond acceptors (Lipinski definition) is 3. The summed E-state index contributed by atoms with van der Waals surface area (Å²) in [4.78, 5) is 28.6. The molecule has 1 amide bonds. The fraction of sp³-hybridized carbons (Fsp3) is 0.0435. The molecule has 144 valence electrons. The molecular weight excluding hydrogens is 388 g/mol. The summed E-state index contributed by atoms with van der Waals surface area (Å²) in [5.74, 6) is 0.130. The number of carbonyl (C=O) groups is 1. The summed E-state index contributed by atoms with van der Waals surface area (Å²) in [7, 11) is 1.57. The number of fused-ring (bicyclic) bond motifs is 1. The lowest BCUT2D eigenvalue weighted by molar-refractivity contribution is 0.102.